The number of nitrogens with one attached hydrogen (secondary N) is 1. The molecule has 2 rings (SSSR count). The van der Waals surface area contributed by atoms with Gasteiger partial charge in [0.15, 0.2) is 5.83 Å². The maximum Gasteiger partial charge on any atom is 0.282 e. The predicted molar refractivity (Wildman–Crippen MR) is 75.6 cm³/mol. The van der Waals surface area contributed by atoms with Crippen LogP contribution in [-0.2, 0) is 9.59 Å². The van der Waals surface area contributed by atoms with Gasteiger partial charge in [0.05, 0.1) is 0 Å². The Hall–Kier alpha value is -2.43. The summed E-state index contributed by atoms with van der Waals surface area (Å²) in [5, 5.41) is 2.55. The van der Waals surface area contributed by atoms with E-state index < -0.39 is 11.7 Å². The van der Waals surface area contributed by atoms with E-state index in [4.69, 9.17) is 0 Å². The van der Waals surface area contributed by atoms with Gasteiger partial charge >= 0.3 is 0 Å². The molecule has 0 aliphatic carbocycles. The number of amides is 2. The molecule has 4 nitrogen and oxygen atoms in total. The highest BCUT2D eigenvalue weighted by Crippen LogP contribution is 2.23. The van der Waals surface area contributed by atoms with E-state index in [1.165, 1.54) is 4.90 Å². The molecule has 20 heavy (non-hydrogen) atoms. The lowest BCUT2D eigenvalue weighted by Crippen LogP contribution is -2.35. The van der Waals surface area contributed by atoms with Gasteiger partial charge in [-0.15, -0.1) is 0 Å². The van der Waals surface area contributed by atoms with Crippen LogP contribution in [0, 0.1) is 0 Å². The zero-order chi connectivity index (χ0) is 14.5. The molecule has 0 fully saturated rings. The van der Waals surface area contributed by atoms with Gasteiger partial charge in [0.1, 0.15) is 0 Å². The molecule has 0 atom stereocenters. The first-order valence-corrected chi connectivity index (χ1v) is 6.25. The van der Waals surface area contributed by atoms with E-state index in [-0.39, 0.29) is 0 Å². The maximum absolute atomic E-state index is 12.9. The van der Waals surface area contributed by atoms with Gasteiger partial charge in [-0.3, -0.25) is 9.59 Å². The number of halogens is 1. The van der Waals surface area contributed by atoms with E-state index in [2.05, 4.69) is 11.9 Å². The number of hydrogen-bond acceptors (Lipinski definition) is 2. The highest BCUT2D eigenvalue weighted by Gasteiger charge is 2.21. The molecule has 1 N–H and O–H groups in total. The zero-order valence-electron chi connectivity index (χ0n) is 10.9. The smallest absolute Gasteiger partial charge is 0.282 e. The predicted octanol–water partition coefficient (Wildman–Crippen LogP) is 2.35. The summed E-state index contributed by atoms with van der Waals surface area (Å²) in [6, 6.07) is 7.27. The number of hydrogen-bond donors (Lipinski definition) is 1. The van der Waals surface area contributed by atoms with Crippen LogP contribution in [0.15, 0.2) is 42.7 Å². The average molecular weight is 274 g/mol. The van der Waals surface area contributed by atoms with Crippen molar-refractivity contribution < 1.29 is 14.0 Å². The molecule has 1 aromatic carbocycles. The summed E-state index contributed by atoms with van der Waals surface area (Å²) in [5.41, 5.74) is 2.61. The number of nitrogens with zero attached hydrogens (tertiary/aromatic N) is 1. The van der Waals surface area contributed by atoms with Crippen LogP contribution >= 0.6 is 0 Å². The molecule has 0 spiro atoms. The fourth-order valence-corrected chi connectivity index (χ4v) is 2.15. The molecule has 0 unspecified atom stereocenters. The molecule has 0 radical (unpaired) electrons. The van der Waals surface area contributed by atoms with E-state index in [0.29, 0.717) is 31.6 Å². The molecular formula is C15H15FN2O2. The zero-order valence-corrected chi connectivity index (χ0v) is 10.9. The first-order chi connectivity index (χ1) is 9.61. The van der Waals surface area contributed by atoms with Gasteiger partial charge in [-0.05, 0) is 29.7 Å². The third kappa shape index (κ3) is 3.12. The van der Waals surface area contributed by atoms with Crippen LogP contribution in [0.25, 0.3) is 5.57 Å². The molecule has 1 aliphatic rings. The van der Waals surface area contributed by atoms with E-state index in [9.17, 15) is 14.0 Å². The molecule has 0 bridgehead atoms. The lowest BCUT2D eigenvalue weighted by molar-refractivity contribution is -0.128. The molecular weight excluding hydrogens is 259 g/mol. The van der Waals surface area contributed by atoms with Crippen molar-refractivity contribution in [2.45, 2.75) is 6.42 Å². The second kappa shape index (κ2) is 6.14. The number of rotatable bonds is 4. The lowest BCUT2D eigenvalue weighted by Gasteiger charge is -2.27. The summed E-state index contributed by atoms with van der Waals surface area (Å²) in [7, 11) is 0. The summed E-state index contributed by atoms with van der Waals surface area (Å²) in [5.74, 6) is -1.59. The second-order valence-electron chi connectivity index (χ2n) is 4.49. The Morgan fingerprint density at radius 2 is 2.05 bits per heavy atom. The Morgan fingerprint density at radius 1 is 1.35 bits per heavy atom. The van der Waals surface area contributed by atoms with Gasteiger partial charge in [0.25, 0.3) is 5.91 Å². The van der Waals surface area contributed by atoms with Crippen LogP contribution in [0.3, 0.4) is 0 Å². The van der Waals surface area contributed by atoms with Gasteiger partial charge in [0.2, 0.25) is 6.41 Å². The second-order valence-corrected chi connectivity index (χ2v) is 4.49. The molecule has 1 aliphatic heterocycles. The normalized spacial score (nSPS) is 14.4. The molecule has 2 amide bonds. The SMILES string of the molecule is C=C(F)C(=O)N1CCC=C(c2ccc(NC=O)cc2)C1. The van der Waals surface area contributed by atoms with E-state index >= 15 is 0 Å². The van der Waals surface area contributed by atoms with Crippen molar-refractivity contribution in [1.82, 2.24) is 4.90 Å². The molecule has 0 saturated carbocycles. The Balaban J connectivity index is 2.12. The third-order valence-corrected chi connectivity index (χ3v) is 3.15. The van der Waals surface area contributed by atoms with Crippen molar-refractivity contribution in [2.24, 2.45) is 0 Å². The summed E-state index contributed by atoms with van der Waals surface area (Å²) >= 11 is 0. The molecule has 0 aromatic heterocycles. The molecule has 0 saturated heterocycles. The minimum absolute atomic E-state index is 0.363. The minimum atomic E-state index is -0.934. The first kappa shape index (κ1) is 14.0. The fourth-order valence-electron chi connectivity index (χ4n) is 2.15. The van der Waals surface area contributed by atoms with Gasteiger partial charge < -0.3 is 10.2 Å². The Morgan fingerprint density at radius 3 is 2.65 bits per heavy atom. The number of carbonyl (C=O) groups excluding carboxylic acids is 2. The largest absolute Gasteiger partial charge is 0.332 e. The van der Waals surface area contributed by atoms with Gasteiger partial charge in [-0.2, -0.15) is 0 Å². The van der Waals surface area contributed by atoms with Crippen LogP contribution < -0.4 is 5.32 Å². The first-order valence-electron chi connectivity index (χ1n) is 6.25. The standard InChI is InChI=1S/C15H15FN2O2/c1-11(16)15(20)18-8-2-3-13(9-18)12-4-6-14(7-5-12)17-10-19/h3-7,10H,1-2,8-9H2,(H,17,19). The Bertz CT molecular complexity index is 564. The van der Waals surface area contributed by atoms with Gasteiger partial charge in [0, 0.05) is 18.8 Å². The van der Waals surface area contributed by atoms with Crippen LogP contribution in [0.5, 0.6) is 0 Å². The van der Waals surface area contributed by atoms with Crippen LogP contribution in [0.4, 0.5) is 10.1 Å². The quantitative estimate of drug-likeness (QED) is 0.677. The van der Waals surface area contributed by atoms with Crippen molar-refractivity contribution in [2.75, 3.05) is 18.4 Å². The molecule has 5 heteroatoms. The van der Waals surface area contributed by atoms with Crippen molar-refractivity contribution >= 4 is 23.6 Å². The fraction of sp³-hybridized carbons (Fsp3) is 0.200. The van der Waals surface area contributed by atoms with Gasteiger partial charge in [-0.25, -0.2) is 4.39 Å². The average Bonchev–Trinajstić information content (AvgIpc) is 2.47. The summed E-state index contributed by atoms with van der Waals surface area (Å²) in [4.78, 5) is 23.4. The Labute approximate surface area is 116 Å². The number of benzene rings is 1. The highest BCUT2D eigenvalue weighted by atomic mass is 19.1. The van der Waals surface area contributed by atoms with Crippen LogP contribution in [0.1, 0.15) is 12.0 Å². The van der Waals surface area contributed by atoms with Crippen molar-refractivity contribution in [3.8, 4) is 0 Å². The van der Waals surface area contributed by atoms with Crippen molar-refractivity contribution in [1.29, 1.82) is 0 Å². The minimum Gasteiger partial charge on any atom is -0.332 e. The number of anilines is 1. The summed E-state index contributed by atoms with van der Waals surface area (Å²) in [6.07, 6.45) is 3.33. The highest BCUT2D eigenvalue weighted by molar-refractivity contribution is 5.92. The number of carbonyl (C=O) groups is 2. The monoisotopic (exact) mass is 274 g/mol. The molecule has 1 aromatic rings. The molecule has 104 valence electrons. The summed E-state index contributed by atoms with van der Waals surface area (Å²) < 4.78 is 12.9. The van der Waals surface area contributed by atoms with Crippen molar-refractivity contribution in [3.05, 3.63) is 48.3 Å². The topological polar surface area (TPSA) is 49.4 Å². The van der Waals surface area contributed by atoms with E-state index in [0.717, 1.165) is 11.1 Å². The molecule has 1 heterocycles. The van der Waals surface area contributed by atoms with Crippen molar-refractivity contribution in [3.63, 3.8) is 0 Å². The third-order valence-electron chi connectivity index (χ3n) is 3.15. The van der Waals surface area contributed by atoms with E-state index in [1.807, 2.05) is 18.2 Å². The van der Waals surface area contributed by atoms with Crippen LogP contribution in [-0.4, -0.2) is 30.3 Å². The van der Waals surface area contributed by atoms with Gasteiger partial charge in [-0.1, -0.05) is 24.8 Å². The summed E-state index contributed by atoms with van der Waals surface area (Å²) in [6.45, 7) is 3.90. The lowest BCUT2D eigenvalue weighted by atomic mass is 10.0. The maximum atomic E-state index is 12.9. The van der Waals surface area contributed by atoms with E-state index in [1.54, 1.807) is 12.1 Å². The van der Waals surface area contributed by atoms with Crippen LogP contribution in [0.2, 0.25) is 0 Å². The Kier molecular flexibility index (Phi) is 4.30.